The van der Waals surface area contributed by atoms with Crippen molar-refractivity contribution < 1.29 is 14.1 Å². The Balaban J connectivity index is 2.19. The number of halogens is 1. The first kappa shape index (κ1) is 14.0. The van der Waals surface area contributed by atoms with Gasteiger partial charge in [0.2, 0.25) is 0 Å². The van der Waals surface area contributed by atoms with Crippen LogP contribution in [0.1, 0.15) is 18.3 Å². The van der Waals surface area contributed by atoms with Crippen molar-refractivity contribution in [2.75, 3.05) is 0 Å². The van der Waals surface area contributed by atoms with Gasteiger partial charge in [0.25, 0.3) is 0 Å². The highest BCUT2D eigenvalue weighted by Gasteiger charge is 2.16. The Morgan fingerprint density at radius 1 is 1.45 bits per heavy atom. The summed E-state index contributed by atoms with van der Waals surface area (Å²) in [5, 5.41) is 15.1. The fraction of sp³-hybridized carbons (Fsp3) is 0.308. The highest BCUT2D eigenvalue weighted by atomic mass is 19.1. The standard InChI is InChI=1S/C13H14FN3O3/c1-3-10-7-11(16(2)15-10)8-20-13-6-9(14)4-5-12(13)17(18)19/h4-7H,3,8H2,1-2H3. The zero-order chi connectivity index (χ0) is 14.7. The molecule has 0 aliphatic rings. The van der Waals surface area contributed by atoms with Gasteiger partial charge in [-0.2, -0.15) is 5.10 Å². The Labute approximate surface area is 114 Å². The van der Waals surface area contributed by atoms with Crippen LogP contribution in [0.15, 0.2) is 24.3 Å². The summed E-state index contributed by atoms with van der Waals surface area (Å²) in [4.78, 5) is 10.2. The van der Waals surface area contributed by atoms with E-state index in [2.05, 4.69) is 5.10 Å². The Bertz CT molecular complexity index is 640. The number of aryl methyl sites for hydroxylation is 2. The topological polar surface area (TPSA) is 70.2 Å². The molecule has 0 aliphatic carbocycles. The average molecular weight is 279 g/mol. The smallest absolute Gasteiger partial charge is 0.311 e. The molecule has 1 aromatic heterocycles. The van der Waals surface area contributed by atoms with Crippen molar-refractivity contribution in [3.63, 3.8) is 0 Å². The number of benzene rings is 1. The zero-order valence-electron chi connectivity index (χ0n) is 11.2. The van der Waals surface area contributed by atoms with Crippen molar-refractivity contribution in [1.29, 1.82) is 0 Å². The first-order valence-corrected chi connectivity index (χ1v) is 6.09. The molecule has 2 aromatic rings. The predicted octanol–water partition coefficient (Wildman–Crippen LogP) is 2.61. The third-order valence-electron chi connectivity index (χ3n) is 2.88. The summed E-state index contributed by atoms with van der Waals surface area (Å²) in [5.74, 6) is -0.667. The number of rotatable bonds is 5. The van der Waals surface area contributed by atoms with E-state index in [9.17, 15) is 14.5 Å². The number of aromatic nitrogens is 2. The molecular formula is C13H14FN3O3. The number of nitro groups is 1. The van der Waals surface area contributed by atoms with Crippen LogP contribution < -0.4 is 4.74 Å². The summed E-state index contributed by atoms with van der Waals surface area (Å²) in [6.45, 7) is 2.07. The monoisotopic (exact) mass is 279 g/mol. The molecule has 0 saturated carbocycles. The van der Waals surface area contributed by atoms with Crippen LogP contribution in [-0.2, 0) is 20.1 Å². The van der Waals surface area contributed by atoms with E-state index in [1.165, 1.54) is 0 Å². The minimum Gasteiger partial charge on any atom is -0.480 e. The SMILES string of the molecule is CCc1cc(COc2cc(F)ccc2[N+](=O)[O-])n(C)n1. The second kappa shape index (κ2) is 5.68. The van der Waals surface area contributed by atoms with Gasteiger partial charge >= 0.3 is 5.69 Å². The number of hydrogen-bond acceptors (Lipinski definition) is 4. The molecule has 0 unspecified atom stereocenters. The van der Waals surface area contributed by atoms with Crippen LogP contribution in [0.2, 0.25) is 0 Å². The normalized spacial score (nSPS) is 10.6. The van der Waals surface area contributed by atoms with Crippen molar-refractivity contribution in [2.45, 2.75) is 20.0 Å². The molecule has 0 saturated heterocycles. The van der Waals surface area contributed by atoms with E-state index in [0.29, 0.717) is 0 Å². The molecule has 0 spiro atoms. The predicted molar refractivity (Wildman–Crippen MR) is 70.0 cm³/mol. The second-order valence-electron chi connectivity index (χ2n) is 4.26. The lowest BCUT2D eigenvalue weighted by Gasteiger charge is -2.06. The van der Waals surface area contributed by atoms with Crippen molar-refractivity contribution in [3.8, 4) is 5.75 Å². The summed E-state index contributed by atoms with van der Waals surface area (Å²) >= 11 is 0. The minimum absolute atomic E-state index is 0.0887. The summed E-state index contributed by atoms with van der Waals surface area (Å²) < 4.78 is 20.2. The molecular weight excluding hydrogens is 265 g/mol. The van der Waals surface area contributed by atoms with Gasteiger partial charge < -0.3 is 4.74 Å². The molecule has 0 aliphatic heterocycles. The van der Waals surface area contributed by atoms with Crippen molar-refractivity contribution >= 4 is 5.69 Å². The summed E-state index contributed by atoms with van der Waals surface area (Å²) in [7, 11) is 1.76. The van der Waals surface area contributed by atoms with E-state index in [1.54, 1.807) is 11.7 Å². The number of nitrogens with zero attached hydrogens (tertiary/aromatic N) is 3. The van der Waals surface area contributed by atoms with Crippen LogP contribution in [0.4, 0.5) is 10.1 Å². The molecule has 2 rings (SSSR count). The van der Waals surface area contributed by atoms with Gasteiger partial charge in [-0.15, -0.1) is 0 Å². The van der Waals surface area contributed by atoms with Gasteiger partial charge in [0.15, 0.2) is 5.75 Å². The van der Waals surface area contributed by atoms with Crippen molar-refractivity contribution in [2.24, 2.45) is 7.05 Å². The highest BCUT2D eigenvalue weighted by Crippen LogP contribution is 2.28. The average Bonchev–Trinajstić information content (AvgIpc) is 2.76. The third-order valence-corrected chi connectivity index (χ3v) is 2.88. The van der Waals surface area contributed by atoms with Gasteiger partial charge in [-0.25, -0.2) is 4.39 Å². The van der Waals surface area contributed by atoms with Crippen molar-refractivity contribution in [3.05, 3.63) is 51.6 Å². The lowest BCUT2D eigenvalue weighted by atomic mass is 10.3. The Kier molecular flexibility index (Phi) is 3.97. The van der Waals surface area contributed by atoms with Gasteiger partial charge in [-0.3, -0.25) is 14.8 Å². The zero-order valence-corrected chi connectivity index (χ0v) is 11.2. The Hall–Kier alpha value is -2.44. The maximum Gasteiger partial charge on any atom is 0.311 e. The van der Waals surface area contributed by atoms with E-state index < -0.39 is 10.7 Å². The Morgan fingerprint density at radius 3 is 2.80 bits per heavy atom. The fourth-order valence-corrected chi connectivity index (χ4v) is 1.79. The maximum atomic E-state index is 13.2. The Morgan fingerprint density at radius 2 is 2.20 bits per heavy atom. The molecule has 7 heteroatoms. The molecule has 106 valence electrons. The lowest BCUT2D eigenvalue weighted by molar-refractivity contribution is -0.386. The molecule has 1 heterocycles. The van der Waals surface area contributed by atoms with Crippen molar-refractivity contribution in [1.82, 2.24) is 9.78 Å². The minimum atomic E-state index is -0.602. The molecule has 0 bridgehead atoms. The van der Waals surface area contributed by atoms with Crippen LogP contribution in [0.3, 0.4) is 0 Å². The number of nitro benzene ring substituents is 1. The van der Waals surface area contributed by atoms with E-state index in [4.69, 9.17) is 4.74 Å². The van der Waals surface area contributed by atoms with Crippen LogP contribution in [-0.4, -0.2) is 14.7 Å². The molecule has 0 fully saturated rings. The fourth-order valence-electron chi connectivity index (χ4n) is 1.79. The molecule has 6 nitrogen and oxygen atoms in total. The maximum absolute atomic E-state index is 13.2. The summed E-state index contributed by atoms with van der Waals surface area (Å²) in [6.07, 6.45) is 0.786. The van der Waals surface area contributed by atoms with E-state index in [-0.39, 0.29) is 18.0 Å². The first-order chi connectivity index (χ1) is 9.51. The van der Waals surface area contributed by atoms with Gasteiger partial charge in [-0.05, 0) is 18.6 Å². The van der Waals surface area contributed by atoms with Crippen LogP contribution in [0.5, 0.6) is 5.75 Å². The molecule has 0 radical (unpaired) electrons. The number of ether oxygens (including phenoxy) is 1. The van der Waals surface area contributed by atoms with Crippen LogP contribution >= 0.6 is 0 Å². The van der Waals surface area contributed by atoms with E-state index in [1.807, 2.05) is 13.0 Å². The number of hydrogen-bond donors (Lipinski definition) is 0. The molecule has 0 atom stereocenters. The van der Waals surface area contributed by atoms with E-state index in [0.717, 1.165) is 36.0 Å². The van der Waals surface area contributed by atoms with Crippen LogP contribution in [0, 0.1) is 15.9 Å². The largest absolute Gasteiger partial charge is 0.480 e. The summed E-state index contributed by atoms with van der Waals surface area (Å²) in [5.41, 5.74) is 1.41. The lowest BCUT2D eigenvalue weighted by Crippen LogP contribution is -2.04. The first-order valence-electron chi connectivity index (χ1n) is 6.09. The van der Waals surface area contributed by atoms with Gasteiger partial charge in [0.1, 0.15) is 12.4 Å². The van der Waals surface area contributed by atoms with Crippen LogP contribution in [0.25, 0.3) is 0 Å². The third kappa shape index (κ3) is 2.93. The quantitative estimate of drug-likeness (QED) is 0.623. The highest BCUT2D eigenvalue weighted by molar-refractivity contribution is 5.46. The van der Waals surface area contributed by atoms with E-state index >= 15 is 0 Å². The van der Waals surface area contributed by atoms with Gasteiger partial charge in [0, 0.05) is 19.2 Å². The second-order valence-corrected chi connectivity index (χ2v) is 4.26. The van der Waals surface area contributed by atoms with Gasteiger partial charge in [-0.1, -0.05) is 6.92 Å². The molecule has 0 N–H and O–H groups in total. The summed E-state index contributed by atoms with van der Waals surface area (Å²) in [6, 6.07) is 4.98. The molecule has 0 amide bonds. The molecule has 20 heavy (non-hydrogen) atoms. The molecule has 1 aromatic carbocycles. The van der Waals surface area contributed by atoms with Gasteiger partial charge in [0.05, 0.1) is 16.3 Å².